The van der Waals surface area contributed by atoms with Crippen molar-refractivity contribution in [1.29, 1.82) is 0 Å². The third-order valence-electron chi connectivity index (χ3n) is 8.64. The van der Waals surface area contributed by atoms with Crippen LogP contribution in [0.25, 0.3) is 17.5 Å². The summed E-state index contributed by atoms with van der Waals surface area (Å²) in [7, 11) is 0. The zero-order chi connectivity index (χ0) is 28.6. The van der Waals surface area contributed by atoms with E-state index in [2.05, 4.69) is 67.5 Å². The van der Waals surface area contributed by atoms with Crippen molar-refractivity contribution in [1.82, 2.24) is 9.97 Å². The average molecular weight is 731 g/mol. The molecule has 0 aliphatic carbocycles. The molecule has 2 aromatic rings. The molecule has 0 saturated heterocycles. The molecule has 3 aliphatic heterocycles. The van der Waals surface area contributed by atoms with E-state index >= 15 is 0 Å². The summed E-state index contributed by atoms with van der Waals surface area (Å²) in [4.78, 5) is 25.8. The third kappa shape index (κ3) is 5.33. The van der Waals surface area contributed by atoms with Crippen molar-refractivity contribution in [2.75, 3.05) is 0 Å². The number of rotatable bonds is 8. The molecule has 0 N–H and O–H groups in total. The van der Waals surface area contributed by atoms with Gasteiger partial charge in [0.1, 0.15) is 0 Å². The summed E-state index contributed by atoms with van der Waals surface area (Å²) >= 11 is 0. The van der Waals surface area contributed by atoms with Gasteiger partial charge in [0.05, 0.1) is 11.5 Å². The Morgan fingerprint density at radius 1 is 0.634 bits per heavy atom. The molecule has 0 spiro atoms. The van der Waals surface area contributed by atoms with Gasteiger partial charge in [0.2, 0.25) is 0 Å². The van der Waals surface area contributed by atoms with Crippen LogP contribution in [0.5, 0.6) is 0 Å². The fourth-order valence-electron chi connectivity index (χ4n) is 6.68. The number of amidine groups is 1. The molecule has 1 atom stereocenters. The fourth-order valence-corrected chi connectivity index (χ4v) is 6.68. The molecule has 0 aromatic carbocycles. The van der Waals surface area contributed by atoms with Crippen LogP contribution in [0.1, 0.15) is 109 Å². The van der Waals surface area contributed by atoms with E-state index in [1.54, 1.807) is 0 Å². The van der Waals surface area contributed by atoms with Crippen molar-refractivity contribution < 1.29 is 21.1 Å². The maximum absolute atomic E-state index is 5.24. The van der Waals surface area contributed by atoms with Crippen molar-refractivity contribution in [2.45, 2.75) is 113 Å². The number of allylic oxidation sites excluding steroid dienone is 2. The predicted molar refractivity (Wildman–Crippen MR) is 167 cm³/mol. The van der Waals surface area contributed by atoms with Crippen LogP contribution in [0.2, 0.25) is 0 Å². The second kappa shape index (κ2) is 13.1. The molecule has 3 aliphatic rings. The first-order valence-corrected chi connectivity index (χ1v) is 15.4. The van der Waals surface area contributed by atoms with Crippen LogP contribution < -0.4 is 20.8 Å². The first-order valence-electron chi connectivity index (χ1n) is 15.4. The van der Waals surface area contributed by atoms with Gasteiger partial charge in [-0.25, -0.2) is 0 Å². The van der Waals surface area contributed by atoms with Crippen LogP contribution >= 0.6 is 0 Å². The number of aliphatic imine (C=N–C) groups is 2. The molecule has 1 unspecified atom stereocenters. The standard InChI is InChI=1S/C34H43N6.Pt/c1-9-19-23(13-5)31-35-27(19)17-28-20(10-2)24(14-6)33(36-28)40-34-26(16-8)22(12-4)30(38-34)18-29-21(11-3)25(15-7)32(37-29)39-31;/h17-18,31H,9-16H2,1-8H3;/q-3;/b27-17-,29-18-,40-34-;. The van der Waals surface area contributed by atoms with Crippen LogP contribution in [0, 0.1) is 0 Å². The number of hydrogen-bond donors (Lipinski definition) is 0. The number of nitrogens with zero attached hydrogens (tertiary/aromatic N) is 6. The average Bonchev–Trinajstić information content (AvgIpc) is 3.67. The van der Waals surface area contributed by atoms with E-state index in [0.717, 1.165) is 91.0 Å². The van der Waals surface area contributed by atoms with Crippen LogP contribution in [0.15, 0.2) is 43.0 Å². The molecule has 8 bridgehead atoms. The Kier molecular flexibility index (Phi) is 9.95. The molecule has 0 fully saturated rings. The Labute approximate surface area is 259 Å². The molecule has 6 nitrogen and oxygen atoms in total. The van der Waals surface area contributed by atoms with Gasteiger partial charge < -0.3 is 25.3 Å². The van der Waals surface area contributed by atoms with Gasteiger partial charge in [-0.15, -0.1) is 5.70 Å². The summed E-state index contributed by atoms with van der Waals surface area (Å²) in [6, 6.07) is 0. The minimum absolute atomic E-state index is 0. The van der Waals surface area contributed by atoms with Gasteiger partial charge in [0.25, 0.3) is 0 Å². The Bertz CT molecular complexity index is 1600. The van der Waals surface area contributed by atoms with Crippen LogP contribution in [-0.4, -0.2) is 17.7 Å². The second-order valence-corrected chi connectivity index (χ2v) is 10.6. The third-order valence-corrected chi connectivity index (χ3v) is 8.64. The van der Waals surface area contributed by atoms with E-state index in [-0.39, 0.29) is 27.2 Å². The predicted octanol–water partition coefficient (Wildman–Crippen LogP) is 6.73. The van der Waals surface area contributed by atoms with Gasteiger partial charge in [0, 0.05) is 21.1 Å². The normalized spacial score (nSPS) is 22.1. The maximum atomic E-state index is 5.24. The largest absolute Gasteiger partial charge is 0.679 e. The van der Waals surface area contributed by atoms with E-state index in [1.807, 2.05) is 0 Å². The van der Waals surface area contributed by atoms with Gasteiger partial charge in [-0.3, -0.25) is 4.99 Å². The van der Waals surface area contributed by atoms with Crippen molar-refractivity contribution in [3.8, 4) is 0 Å². The first kappa shape index (κ1) is 31.2. The van der Waals surface area contributed by atoms with Gasteiger partial charge in [-0.2, -0.15) is 0 Å². The van der Waals surface area contributed by atoms with Crippen molar-refractivity contribution >= 4 is 29.5 Å². The summed E-state index contributed by atoms with van der Waals surface area (Å²) < 4.78 is 0. The van der Waals surface area contributed by atoms with Crippen LogP contribution in [0.4, 0.5) is 5.82 Å². The van der Waals surface area contributed by atoms with Crippen molar-refractivity contribution in [3.63, 3.8) is 0 Å². The fraction of sp³-hybridized carbons (Fsp3) is 0.500. The molecule has 7 heteroatoms. The zero-order valence-corrected chi connectivity index (χ0v) is 28.2. The summed E-state index contributed by atoms with van der Waals surface area (Å²) in [6.07, 6.45) is 11.3. The number of fused-ring (bicyclic) bond motifs is 7. The molecule has 0 saturated carbocycles. The Morgan fingerprint density at radius 3 is 1.88 bits per heavy atom. The van der Waals surface area contributed by atoms with Gasteiger partial charge in [-0.05, 0) is 102 Å². The van der Waals surface area contributed by atoms with E-state index in [1.165, 1.54) is 44.5 Å². The minimum atomic E-state index is -0.242. The van der Waals surface area contributed by atoms with E-state index < -0.39 is 0 Å². The first-order chi connectivity index (χ1) is 19.5. The smallest absolute Gasteiger partial charge is 0.0670 e. The molecule has 222 valence electrons. The monoisotopic (exact) mass is 730 g/mol. The van der Waals surface area contributed by atoms with Crippen LogP contribution in [0.3, 0.4) is 0 Å². The zero-order valence-electron chi connectivity index (χ0n) is 25.9. The summed E-state index contributed by atoms with van der Waals surface area (Å²) in [5.74, 6) is 1.60. The summed E-state index contributed by atoms with van der Waals surface area (Å²) in [5, 5.41) is 6.19. The molecule has 0 radical (unpaired) electrons. The van der Waals surface area contributed by atoms with Gasteiger partial charge in [-0.1, -0.05) is 90.1 Å². The second-order valence-electron chi connectivity index (χ2n) is 10.6. The molecule has 41 heavy (non-hydrogen) atoms. The van der Waals surface area contributed by atoms with Gasteiger partial charge in [0.15, 0.2) is 0 Å². The topological polar surface area (TPSA) is 79.4 Å². The molecule has 2 aromatic heterocycles. The quantitative estimate of drug-likeness (QED) is 0.302. The summed E-state index contributed by atoms with van der Waals surface area (Å²) in [5.41, 5.74) is 13.8. The summed E-state index contributed by atoms with van der Waals surface area (Å²) in [6.45, 7) is 17.6. The molecular formula is C34H43N6Pt-3. The molecule has 5 rings (SSSR count). The maximum Gasteiger partial charge on any atom is 0.0670 e. The molecule has 0 amide bonds. The number of aromatic nitrogens is 2. The SMILES string of the molecule is CCC1=C(CC)/C2=N/c3[n-]c(c(CC)c3CC)/C=C3\[N-]C(/N=c4\[n-]/c(c(CC)c4CC)=C\C1=N2)C(CC)=C3CC.[Pt]. The molecule has 5 heterocycles. The van der Waals surface area contributed by atoms with Gasteiger partial charge >= 0.3 is 0 Å². The molecular weight excluding hydrogens is 687 g/mol. The number of hydrogen-bond acceptors (Lipinski definition) is 3. The van der Waals surface area contributed by atoms with Crippen molar-refractivity contribution in [3.05, 3.63) is 72.1 Å². The Hall–Kier alpha value is -2.72. The minimum Gasteiger partial charge on any atom is -0.679 e. The Balaban J connectivity index is 0.00000387. The van der Waals surface area contributed by atoms with E-state index in [0.29, 0.717) is 0 Å². The van der Waals surface area contributed by atoms with E-state index in [9.17, 15) is 0 Å². The van der Waals surface area contributed by atoms with Crippen molar-refractivity contribution in [2.24, 2.45) is 15.0 Å². The Morgan fingerprint density at radius 2 is 1.29 bits per heavy atom. The van der Waals surface area contributed by atoms with E-state index in [4.69, 9.17) is 30.3 Å². The van der Waals surface area contributed by atoms with Crippen LogP contribution in [-0.2, 0) is 46.7 Å².